The summed E-state index contributed by atoms with van der Waals surface area (Å²) in [6.07, 6.45) is 0. The predicted molar refractivity (Wildman–Crippen MR) is 161 cm³/mol. The molecule has 0 unspecified atom stereocenters. The molecule has 0 saturated carbocycles. The van der Waals surface area contributed by atoms with Gasteiger partial charge in [0.05, 0.1) is 34.3 Å². The summed E-state index contributed by atoms with van der Waals surface area (Å²) in [6, 6.07) is -3.31. The Morgan fingerprint density at radius 1 is 0.564 bits per heavy atom. The van der Waals surface area contributed by atoms with Gasteiger partial charge in [0.2, 0.25) is 0 Å². The largest absolute Gasteiger partial charge is 0.456 e. The molecule has 0 saturated heterocycles. The van der Waals surface area contributed by atoms with Gasteiger partial charge in [0.15, 0.2) is 5.58 Å². The Bertz CT molecular complexity index is 3340. The van der Waals surface area contributed by atoms with E-state index in [0.29, 0.717) is 0 Å². The Morgan fingerprint density at radius 3 is 2.18 bits per heavy atom. The first-order valence-corrected chi connectivity index (χ1v) is 11.8. The molecule has 0 atom stereocenters. The average molecular weight is 517 g/mol. The highest BCUT2D eigenvalue weighted by Gasteiger charge is 2.19. The molecule has 3 aromatic heterocycles. The molecule has 0 N–H and O–H groups in total. The quantitative estimate of drug-likeness (QED) is 0.229. The maximum Gasteiger partial charge on any atom is 0.160 e. The van der Waals surface area contributed by atoms with Crippen LogP contribution in [-0.4, -0.2) is 4.57 Å². The number of hydrogen-bond acceptors (Lipinski definition) is 2. The number of aromatic nitrogens is 1. The Morgan fingerprint density at radius 2 is 1.28 bits per heavy atom. The molecule has 0 aliphatic heterocycles. The van der Waals surface area contributed by atoms with E-state index in [9.17, 15) is 1.37 Å². The fourth-order valence-electron chi connectivity index (χ4n) is 5.20. The second kappa shape index (κ2) is 7.62. The summed E-state index contributed by atoms with van der Waals surface area (Å²) in [5.41, 5.74) is -1.00. The van der Waals surface area contributed by atoms with E-state index in [4.69, 9.17) is 30.8 Å². The van der Waals surface area contributed by atoms with Crippen LogP contribution in [0.5, 0.6) is 0 Å². The minimum atomic E-state index is -0.625. The fourth-order valence-corrected chi connectivity index (χ4v) is 5.20. The monoisotopic (exact) mass is 516 g/mol. The molecule has 0 fully saturated rings. The summed E-state index contributed by atoms with van der Waals surface area (Å²) in [6.45, 7) is 0. The summed E-state index contributed by atoms with van der Waals surface area (Å²) >= 11 is 0. The highest BCUT2D eigenvalue weighted by molar-refractivity contribution is 6.21. The van der Waals surface area contributed by atoms with Crippen LogP contribution >= 0.6 is 0 Å². The van der Waals surface area contributed by atoms with Crippen LogP contribution < -0.4 is 0 Å². The standard InChI is InChI=1S/C36H21NO2/c1-4-15-30-25(11-1)27-19-20-28-26-12-2-5-16-31(26)39-36(28)35(27)37(30)23-10-7-9-22(21-23)24-14-8-18-33-34(24)29-13-3-6-17-32(29)38-33/h1-21H/i1D,2D,3D,4D,5D,6D,8D,11D,12D,13D,14D,15D,16D,17D,18D,19D,20D. The van der Waals surface area contributed by atoms with Crippen LogP contribution in [0.15, 0.2) is 136 Å². The molecule has 3 heteroatoms. The van der Waals surface area contributed by atoms with E-state index in [1.165, 1.54) is 28.8 Å². The molecule has 9 rings (SSSR count). The van der Waals surface area contributed by atoms with Crippen molar-refractivity contribution in [3.8, 4) is 16.8 Å². The van der Waals surface area contributed by atoms with Gasteiger partial charge >= 0.3 is 0 Å². The second-order valence-electron chi connectivity index (χ2n) is 8.85. The van der Waals surface area contributed by atoms with Crippen molar-refractivity contribution in [2.75, 3.05) is 0 Å². The van der Waals surface area contributed by atoms with Gasteiger partial charge in [-0.25, -0.2) is 0 Å². The molecule has 3 nitrogen and oxygen atoms in total. The molecule has 9 aromatic rings. The summed E-state index contributed by atoms with van der Waals surface area (Å²) in [5, 5.41) is -0.757. The number of nitrogens with zero attached hydrogens (tertiary/aromatic N) is 1. The summed E-state index contributed by atoms with van der Waals surface area (Å²) in [7, 11) is 0. The number of furan rings is 2. The van der Waals surface area contributed by atoms with Crippen molar-refractivity contribution < 1.29 is 32.1 Å². The van der Waals surface area contributed by atoms with Gasteiger partial charge in [0, 0.05) is 38.0 Å². The van der Waals surface area contributed by atoms with E-state index in [1.807, 2.05) is 0 Å². The first-order valence-electron chi connectivity index (χ1n) is 20.3. The molecule has 0 radical (unpaired) electrons. The zero-order valence-electron chi connectivity index (χ0n) is 36.6. The average Bonchev–Trinajstić information content (AvgIpc) is 3.89. The smallest absolute Gasteiger partial charge is 0.160 e. The maximum atomic E-state index is 9.20. The van der Waals surface area contributed by atoms with E-state index in [-0.39, 0.29) is 82.5 Å². The number of fused-ring (bicyclic) bond motifs is 10. The van der Waals surface area contributed by atoms with E-state index in [2.05, 4.69) is 0 Å². The van der Waals surface area contributed by atoms with E-state index < -0.39 is 103 Å². The van der Waals surface area contributed by atoms with Crippen molar-refractivity contribution in [1.29, 1.82) is 0 Å². The lowest BCUT2D eigenvalue weighted by Crippen LogP contribution is -1.94. The van der Waals surface area contributed by atoms with Gasteiger partial charge in [-0.05, 0) is 53.5 Å². The molecule has 6 aromatic carbocycles. The Labute approximate surface area is 247 Å². The van der Waals surface area contributed by atoms with Crippen LogP contribution in [-0.2, 0) is 0 Å². The van der Waals surface area contributed by atoms with E-state index in [0.717, 1.165) is 0 Å². The highest BCUT2D eigenvalue weighted by Crippen LogP contribution is 2.41. The number of hydrogen-bond donors (Lipinski definition) is 0. The maximum absolute atomic E-state index is 9.20. The van der Waals surface area contributed by atoms with Crippen LogP contribution in [0.2, 0.25) is 0 Å². The van der Waals surface area contributed by atoms with Gasteiger partial charge in [-0.3, -0.25) is 0 Å². The molecule has 3 heterocycles. The number of para-hydroxylation sites is 3. The molecular weight excluding hydrogens is 478 g/mol. The van der Waals surface area contributed by atoms with Gasteiger partial charge in [-0.15, -0.1) is 0 Å². The number of benzene rings is 6. The zero-order valence-corrected chi connectivity index (χ0v) is 19.6. The molecule has 182 valence electrons. The summed E-state index contributed by atoms with van der Waals surface area (Å²) in [4.78, 5) is 0. The highest BCUT2D eigenvalue weighted by atomic mass is 16.3. The minimum Gasteiger partial charge on any atom is -0.456 e. The van der Waals surface area contributed by atoms with Crippen LogP contribution in [0.4, 0.5) is 0 Å². The van der Waals surface area contributed by atoms with Crippen molar-refractivity contribution in [3.63, 3.8) is 0 Å². The minimum absolute atomic E-state index is 0.0328. The second-order valence-corrected chi connectivity index (χ2v) is 8.85. The Kier molecular flexibility index (Phi) is 2.05. The molecule has 0 amide bonds. The first kappa shape index (κ1) is 10.5. The van der Waals surface area contributed by atoms with Gasteiger partial charge in [-0.1, -0.05) is 84.6 Å². The topological polar surface area (TPSA) is 31.2 Å². The molecule has 0 bridgehead atoms. The first-order chi connectivity index (χ1) is 26.4. The van der Waals surface area contributed by atoms with Crippen molar-refractivity contribution in [1.82, 2.24) is 4.57 Å². The summed E-state index contributed by atoms with van der Waals surface area (Å²) < 4.78 is 160. The van der Waals surface area contributed by atoms with Crippen LogP contribution in [0.1, 0.15) is 23.3 Å². The lowest BCUT2D eigenvalue weighted by atomic mass is 9.99. The van der Waals surface area contributed by atoms with Crippen LogP contribution in [0.25, 0.3) is 82.5 Å². The Balaban J connectivity index is 1.50. The third-order valence-corrected chi connectivity index (χ3v) is 6.80. The molecule has 39 heavy (non-hydrogen) atoms. The van der Waals surface area contributed by atoms with Crippen molar-refractivity contribution >= 4 is 65.7 Å². The predicted octanol–water partition coefficient (Wildman–Crippen LogP) is 10.2. The zero-order chi connectivity index (χ0) is 40.3. The van der Waals surface area contributed by atoms with E-state index >= 15 is 0 Å². The molecule has 0 aliphatic rings. The molecule has 0 aliphatic carbocycles. The van der Waals surface area contributed by atoms with Gasteiger partial charge in [0.25, 0.3) is 0 Å². The van der Waals surface area contributed by atoms with Crippen molar-refractivity contribution in [2.45, 2.75) is 0 Å². The van der Waals surface area contributed by atoms with Crippen LogP contribution in [0.3, 0.4) is 0 Å². The van der Waals surface area contributed by atoms with E-state index in [1.54, 1.807) is 0 Å². The number of rotatable bonds is 2. The molecule has 0 spiro atoms. The Hall–Kier alpha value is -5.28. The SMILES string of the molecule is [2H]c1c([2H])c([2H])c2c(oc3c([2H])c([2H])c([2H])c(-c4cccc(-n5c6c([2H])c([2H])c([2H])c([2H])c6c6c([2H])c([2H])c7c(oc8c([2H])c([2H])c([2H])c([2H])c87)c65)c4)c32)c1[2H]. The third kappa shape index (κ3) is 2.82. The van der Waals surface area contributed by atoms with Gasteiger partial charge in [-0.2, -0.15) is 0 Å². The van der Waals surface area contributed by atoms with Crippen molar-refractivity contribution in [2.24, 2.45) is 0 Å². The lowest BCUT2D eigenvalue weighted by molar-refractivity contribution is 0.669. The van der Waals surface area contributed by atoms with Gasteiger partial charge < -0.3 is 13.4 Å². The summed E-state index contributed by atoms with van der Waals surface area (Å²) in [5.74, 6) is 0. The molecular formula is C36H21NO2. The van der Waals surface area contributed by atoms with Gasteiger partial charge in [0.1, 0.15) is 16.7 Å². The third-order valence-electron chi connectivity index (χ3n) is 6.80. The normalized spacial score (nSPS) is 18.2. The van der Waals surface area contributed by atoms with Crippen LogP contribution in [0, 0.1) is 0 Å². The lowest BCUT2D eigenvalue weighted by Gasteiger charge is -2.11. The van der Waals surface area contributed by atoms with Crippen molar-refractivity contribution in [3.05, 3.63) is 127 Å². The fraction of sp³-hybridized carbons (Fsp3) is 0.